The molecule has 49 heteroatoms. The molecule has 0 aliphatic heterocycles. The van der Waals surface area contributed by atoms with E-state index in [9.17, 15) is 73.8 Å². The minimum atomic E-state index is -3.60. The van der Waals surface area contributed by atoms with Crippen molar-refractivity contribution in [2.45, 2.75) is 243 Å². The van der Waals surface area contributed by atoms with E-state index in [1.54, 1.807) is 158 Å². The summed E-state index contributed by atoms with van der Waals surface area (Å²) in [5.41, 5.74) is 6.75. The Bertz CT molecular complexity index is 5040. The van der Waals surface area contributed by atoms with Crippen LogP contribution >= 0.6 is 102 Å². The molecule has 0 bridgehead atoms. The van der Waals surface area contributed by atoms with Gasteiger partial charge in [0.05, 0.1) is 129 Å². The van der Waals surface area contributed by atoms with Crippen LogP contribution in [0.15, 0.2) is 114 Å². The van der Waals surface area contributed by atoms with Gasteiger partial charge in [-0.1, -0.05) is 142 Å². The van der Waals surface area contributed by atoms with Crippen LogP contribution in [-0.4, -0.2) is 195 Å². The molecule has 6 aromatic rings. The predicted molar refractivity (Wildman–Crippen MR) is 567 cm³/mol. The number of halogens is 15. The molecule has 0 aliphatic rings. The van der Waals surface area contributed by atoms with Crippen LogP contribution in [0, 0.1) is 41.8 Å². The topological polar surface area (TPSA) is 341 Å². The van der Waals surface area contributed by atoms with Gasteiger partial charge in [-0.3, -0.25) is 20.7 Å². The fourth-order valence-electron chi connectivity index (χ4n) is 9.40. The number of nitrogens with zero attached hydrogens (tertiary/aromatic N) is 3. The molecule has 0 heterocycles. The number of esters is 2. The molecule has 3 radical (unpaired) electrons. The van der Waals surface area contributed by atoms with Crippen molar-refractivity contribution in [3.63, 3.8) is 0 Å². The number of carbonyl (C=O) groups is 2. The smallest absolute Gasteiger partial charge is 1.00 e. The molecular weight excluding hydrogens is 2190 g/mol. The average molecular weight is 2330 g/mol. The quantitative estimate of drug-likeness (QED) is 0.00436. The molecule has 24 nitrogen and oxygen atoms in total. The molecule has 0 fully saturated rings. The summed E-state index contributed by atoms with van der Waals surface area (Å²) in [5, 5.41) is 12.0. The first-order chi connectivity index (χ1) is 61.8. The van der Waals surface area contributed by atoms with Crippen LogP contribution in [-0.2, 0) is 115 Å². The second-order valence-electron chi connectivity index (χ2n) is 36.8. The summed E-state index contributed by atoms with van der Waals surface area (Å²) >= 11 is 35.4. The van der Waals surface area contributed by atoms with E-state index >= 15 is 0 Å². The van der Waals surface area contributed by atoms with Gasteiger partial charge in [0, 0.05) is 89.5 Å². The Labute approximate surface area is 906 Å². The first-order valence-corrected chi connectivity index (χ1v) is 58.0. The number of rotatable bonds is 29. The Morgan fingerprint density at radius 2 is 0.741 bits per heavy atom. The number of hydrogen-bond donors (Lipinski definition) is 7. The maximum Gasteiger partial charge on any atom is 1.00 e. The van der Waals surface area contributed by atoms with E-state index < -0.39 is 174 Å². The summed E-state index contributed by atoms with van der Waals surface area (Å²) < 4.78 is 213. The van der Waals surface area contributed by atoms with Gasteiger partial charge in [0.2, 0.25) is 9.05 Å². The zero-order chi connectivity index (χ0) is 107. The molecule has 0 saturated heterocycles. The molecule has 0 saturated carbocycles. The second-order valence-corrected chi connectivity index (χ2v) is 53.9. The van der Waals surface area contributed by atoms with Crippen LogP contribution < -0.4 is 48.8 Å². The maximum absolute atomic E-state index is 14.4. The zero-order valence-corrected chi connectivity index (χ0v) is 100. The van der Waals surface area contributed by atoms with Gasteiger partial charge in [-0.05, 0) is 263 Å². The Morgan fingerprint density at radius 1 is 0.482 bits per heavy atom. The second kappa shape index (κ2) is 72.0. The Balaban J connectivity index is -0.000000240. The van der Waals surface area contributed by atoms with E-state index in [0.717, 1.165) is 42.9 Å². The van der Waals surface area contributed by atoms with E-state index in [1.807, 2.05) is 93.6 Å². The van der Waals surface area contributed by atoms with Crippen LogP contribution in [0.2, 0.25) is 30.1 Å². The van der Waals surface area contributed by atoms with Crippen molar-refractivity contribution in [1.29, 1.82) is 0 Å². The molecule has 789 valence electrons. The van der Waals surface area contributed by atoms with Crippen molar-refractivity contribution in [1.82, 2.24) is 34.0 Å². The average Bonchev–Trinajstić information content (AvgIpc) is 0.858. The van der Waals surface area contributed by atoms with Crippen molar-refractivity contribution >= 4 is 203 Å². The molecule has 0 aromatic heterocycles. The van der Waals surface area contributed by atoms with Gasteiger partial charge in [0.25, 0.3) is 10.1 Å². The first kappa shape index (κ1) is 149. The predicted octanol–water partition coefficient (Wildman–Crippen LogP) is 18.5. The normalized spacial score (nSPS) is 13.8. The van der Waals surface area contributed by atoms with Crippen LogP contribution in [0.4, 0.5) is 26.3 Å². The SMILES string of the molecule is CC(C)(C)OC(=O)C[C@H](N[S@](=O)C(C)(C)C)c1cccc(Cl)c1F.CC(C)(C)[S@@](=O)N=Cc1cccc(Cl)c1F.CC(C)(C)[S@@](=O)N[C@@H](CCO)c1cccc(Cl)c1F.CC(C)(C)[S@@](=O)N[C@@H](CCOS(C)(=O)=O)c1cccc(Cl)c1F.CN(C)CC[C@H](N)c1cccc(Cl)c1F.CN(C)CC[C@H](N[S@](=O)C(C)(C)C)c1cccc(Cl)c1F.CNC.CS(=O)(=O)Cl.Cl.[B].[CH2-]C(=O)OC(C)(C)C.[Cl][Zn+].[H-].[Li+]. The van der Waals surface area contributed by atoms with Gasteiger partial charge >= 0.3 is 51.8 Å². The summed E-state index contributed by atoms with van der Waals surface area (Å²) in [5.74, 6) is -4.17. The minimum Gasteiger partial charge on any atom is -1.00 e. The molecule has 0 amide bonds. The van der Waals surface area contributed by atoms with Gasteiger partial charge in [0.1, 0.15) is 51.3 Å². The molecule has 0 aliphatic carbocycles. The van der Waals surface area contributed by atoms with E-state index in [-0.39, 0.29) is 132 Å². The summed E-state index contributed by atoms with van der Waals surface area (Å²) in [4.78, 5) is 26.3. The van der Waals surface area contributed by atoms with E-state index in [2.05, 4.69) is 50.9 Å². The van der Waals surface area contributed by atoms with E-state index in [0.29, 0.717) is 29.5 Å². The Kier molecular flexibility index (Phi) is 77.5. The summed E-state index contributed by atoms with van der Waals surface area (Å²) in [7, 11) is 7.06. The van der Waals surface area contributed by atoms with Crippen LogP contribution in [0.3, 0.4) is 0 Å². The number of benzene rings is 6. The van der Waals surface area contributed by atoms with Gasteiger partial charge < -0.3 is 36.9 Å². The van der Waals surface area contributed by atoms with Crippen LogP contribution in [0.1, 0.15) is 243 Å². The molecule has 6 aromatic carbocycles. The van der Waals surface area contributed by atoms with Crippen molar-refractivity contribution in [2.24, 2.45) is 10.1 Å². The molecular formula is C90H141BCl9F6LiN9O15S7Zn. The molecule has 0 spiro atoms. The van der Waals surface area contributed by atoms with Gasteiger partial charge in [-0.25, -0.2) is 74.7 Å². The third-order valence-corrected chi connectivity index (χ3v) is 26.0. The molecule has 10 atom stereocenters. The number of carbonyl (C=O) groups excluding carboxylic acids is 2. The van der Waals surface area contributed by atoms with E-state index in [4.69, 9.17) is 99.1 Å². The number of aliphatic hydroxyl groups excluding tert-OH is 1. The zero-order valence-electron chi connectivity index (χ0n) is 85.9. The third kappa shape index (κ3) is 69.5. The first-order valence-electron chi connectivity index (χ1n) is 41.6. The summed E-state index contributed by atoms with van der Waals surface area (Å²) in [6, 6.07) is 25.5. The number of nitrogens with one attached hydrogen (secondary N) is 5. The monoisotopic (exact) mass is 2320 g/mol. The molecule has 8 N–H and O–H groups in total. The maximum atomic E-state index is 14.4. The summed E-state index contributed by atoms with van der Waals surface area (Å²) in [6.07, 6.45) is 4.69. The Hall–Kier alpha value is -2.47. The molecule has 6 rings (SSSR count). The molecule has 0 unspecified atom stereocenters. The Morgan fingerprint density at radius 3 is 1.01 bits per heavy atom. The largest absolute Gasteiger partial charge is 1.00 e. The van der Waals surface area contributed by atoms with Crippen molar-refractivity contribution in [3.05, 3.63) is 215 Å². The van der Waals surface area contributed by atoms with Crippen LogP contribution in [0.25, 0.3) is 0 Å². The van der Waals surface area contributed by atoms with Crippen molar-refractivity contribution in [3.8, 4) is 0 Å². The van der Waals surface area contributed by atoms with Gasteiger partial charge in [-0.15, -0.1) is 12.4 Å². The fourth-order valence-corrected chi connectivity index (χ4v) is 14.8. The number of nitrogens with two attached hydrogens (primary N) is 1. The summed E-state index contributed by atoms with van der Waals surface area (Å²) in [6.45, 7) is 42.2. The van der Waals surface area contributed by atoms with E-state index in [1.165, 1.54) is 60.8 Å². The number of ether oxygens (including phenoxy) is 2. The van der Waals surface area contributed by atoms with Gasteiger partial charge in [-0.2, -0.15) is 12.8 Å². The number of aliphatic hydroxyl groups is 1. The van der Waals surface area contributed by atoms with Crippen molar-refractivity contribution in [2.75, 3.05) is 81.1 Å². The molecule has 139 heavy (non-hydrogen) atoms. The number of hydrogen-bond acceptors (Lipinski definition) is 19. The van der Waals surface area contributed by atoms with Crippen molar-refractivity contribution < 1.29 is 130 Å². The van der Waals surface area contributed by atoms with Crippen LogP contribution in [0.5, 0.6) is 0 Å². The van der Waals surface area contributed by atoms with Gasteiger partial charge in [0.15, 0.2) is 11.8 Å². The minimum absolute atomic E-state index is 0. The fraction of sp³-hybridized carbons (Fsp3) is 0.556. The standard InChI is InChI=1S/C17H25ClFNO3S.C15H24ClFN2OS.C14H21ClFNO4S2.C13H19ClFNO2S.C11H16ClFN2.C11H13ClFNOS.C6H11O2.C2H7N.CH3ClO2S.B.2ClH.Li.Zn.H/c1-16(2,3)23-14(21)10-13(20-24(22)17(4,5)6)11-8-7-9-12(18)15(11)19;1-15(2,3)21(20)18-13(9-10-19(4)5)11-7-6-8-12(16)14(11)17;1-14(2,3)22(18)17-12(8-9-21-23(4,19)20)10-6-5-7-11(15)13(10)16;1-13(2,3)19(18)16-11(7-8-17)9-5-4-6-10(14)12(9)15;1-15(2)7-6-10(14)8-4-3-5-9(12)11(8)13;1-11(2,3)16(15)14-7-8-5-4-6-9(12)10(8)13;1-5(7)8-6(2,3)4;1-3-2;1-5(2,3)4;;;;;;/h7-9,13,20H,10H2,1-6H3;6-8,13,18H,9-10H2,1-5H3;5-7,12,17H,8-9H2,1-4H3;4-6,11,16-17H,7-8H2,1-3H3;3-5,10H,6-7,14H2,1-2H3;4-7H,1-3H3;1H2,2-4H3;3H,1-2H3;1H3;;2*1H;;;/q;;;;;;-1;;;;;;+1;+2;-1/p-1/t13-,24+;13-,21+;12-,22+;11-,19+;10-;16-;;;;;;;;;/m000001........./s1. The third-order valence-electron chi connectivity index (χ3n) is 15.9.